The average Bonchev–Trinajstić information content (AvgIpc) is 2.66. The Morgan fingerprint density at radius 2 is 1.07 bits per heavy atom. The maximum absolute atomic E-state index is 11.8. The number of nitrogens with one attached hydrogen (secondary N) is 2. The first-order valence-electron chi connectivity index (χ1n) is 9.15. The number of aliphatic hydroxyl groups excluding tert-OH is 4. The Bertz CT molecular complexity index is 544. The van der Waals surface area contributed by atoms with Crippen LogP contribution in [0.25, 0.3) is 0 Å². The van der Waals surface area contributed by atoms with E-state index in [2.05, 4.69) is 10.6 Å². The summed E-state index contributed by atoms with van der Waals surface area (Å²) < 4.78 is 0. The molecule has 168 valence electrons. The van der Waals surface area contributed by atoms with Crippen molar-refractivity contribution in [3.8, 4) is 0 Å². The fourth-order valence-electron chi connectivity index (χ4n) is 1.88. The van der Waals surface area contributed by atoms with Crippen molar-refractivity contribution >= 4 is 33.8 Å². The molecule has 0 heterocycles. The summed E-state index contributed by atoms with van der Waals surface area (Å²) in [6.45, 7) is 5.12. The zero-order chi connectivity index (χ0) is 22.8. The molecule has 0 radical (unpaired) electrons. The van der Waals surface area contributed by atoms with E-state index in [4.69, 9.17) is 10.2 Å². The topological polar surface area (TPSA) is 173 Å². The molecular weight excluding hydrogens is 404 g/mol. The van der Waals surface area contributed by atoms with Gasteiger partial charge in [-0.25, -0.2) is 0 Å². The highest BCUT2D eigenvalue weighted by Gasteiger charge is 2.33. The van der Waals surface area contributed by atoms with Gasteiger partial charge in [-0.1, -0.05) is 27.7 Å². The molecule has 0 bridgehead atoms. The Kier molecular flexibility index (Phi) is 11.6. The van der Waals surface area contributed by atoms with Gasteiger partial charge in [0.1, 0.15) is 12.2 Å². The minimum absolute atomic E-state index is 0.0737. The molecule has 11 heteroatoms. The van der Waals surface area contributed by atoms with Gasteiger partial charge in [0.05, 0.1) is 13.2 Å². The Balaban J connectivity index is 4.17. The molecule has 6 N–H and O–H groups in total. The fraction of sp³-hybridized carbons (Fsp3) is 0.778. The van der Waals surface area contributed by atoms with Crippen molar-refractivity contribution in [2.45, 2.75) is 52.7 Å². The van der Waals surface area contributed by atoms with Crippen molar-refractivity contribution in [2.75, 3.05) is 26.3 Å². The lowest BCUT2D eigenvalue weighted by molar-refractivity contribution is -0.137. The molecule has 0 aliphatic rings. The molecule has 0 aromatic carbocycles. The molecular formula is C18H32N2O8S. The molecule has 29 heavy (non-hydrogen) atoms. The second-order valence-corrected chi connectivity index (χ2v) is 9.14. The standard InChI is InChI=1S/C18H32N2O8S/c1-17(2,9-21)13(25)15(27)19-7-5-11(23)29-12(24)6-8-20-16(28)14(26)18(3,4)10-22/h13-14,21-22,25-26H,5-10H2,1-4H3,(H,19,27)(H,20,28)/t13-,14-/m0/s1. The monoisotopic (exact) mass is 436 g/mol. The predicted octanol–water partition coefficient (Wildman–Crippen LogP) is -1.46. The second kappa shape index (κ2) is 12.2. The minimum Gasteiger partial charge on any atom is -0.396 e. The van der Waals surface area contributed by atoms with Gasteiger partial charge in [0.15, 0.2) is 10.2 Å². The third kappa shape index (κ3) is 9.68. The smallest absolute Gasteiger partial charge is 0.249 e. The molecule has 0 rings (SSSR count). The molecule has 2 amide bonds. The Morgan fingerprint density at radius 1 is 0.759 bits per heavy atom. The van der Waals surface area contributed by atoms with Crippen LogP contribution in [0, 0.1) is 10.8 Å². The molecule has 2 atom stereocenters. The van der Waals surface area contributed by atoms with Crippen LogP contribution < -0.4 is 10.6 Å². The van der Waals surface area contributed by atoms with Crippen molar-refractivity contribution < 1.29 is 39.6 Å². The Hall–Kier alpha value is -1.53. The molecule has 0 unspecified atom stereocenters. The number of aliphatic hydroxyl groups is 4. The van der Waals surface area contributed by atoms with E-state index in [0.29, 0.717) is 11.8 Å². The van der Waals surface area contributed by atoms with Gasteiger partial charge in [0.2, 0.25) is 11.8 Å². The van der Waals surface area contributed by atoms with Gasteiger partial charge in [-0.3, -0.25) is 19.2 Å². The van der Waals surface area contributed by atoms with Crippen LogP contribution in [0.1, 0.15) is 40.5 Å². The molecule has 0 spiro atoms. The van der Waals surface area contributed by atoms with Crippen molar-refractivity contribution in [1.82, 2.24) is 10.6 Å². The first kappa shape index (κ1) is 27.5. The van der Waals surface area contributed by atoms with E-state index in [0.717, 1.165) is 0 Å². The normalized spacial score (nSPS) is 14.1. The summed E-state index contributed by atoms with van der Waals surface area (Å²) in [7, 11) is 0. The van der Waals surface area contributed by atoms with E-state index in [1.807, 2.05) is 0 Å². The number of carbonyl (C=O) groups excluding carboxylic acids is 4. The second-order valence-electron chi connectivity index (χ2n) is 8.03. The first-order valence-corrected chi connectivity index (χ1v) is 9.97. The molecule has 0 aliphatic carbocycles. The zero-order valence-electron chi connectivity index (χ0n) is 17.2. The third-order valence-corrected chi connectivity index (χ3v) is 5.14. The number of thioether (sulfide) groups is 1. The molecule has 10 nitrogen and oxygen atoms in total. The van der Waals surface area contributed by atoms with Crippen LogP contribution in [0.3, 0.4) is 0 Å². The Morgan fingerprint density at radius 3 is 1.34 bits per heavy atom. The summed E-state index contributed by atoms with van der Waals surface area (Å²) in [6, 6.07) is 0. The lowest BCUT2D eigenvalue weighted by atomic mass is 9.87. The first-order chi connectivity index (χ1) is 13.3. The number of rotatable bonds is 12. The molecule has 0 saturated heterocycles. The maximum Gasteiger partial charge on any atom is 0.249 e. The van der Waals surface area contributed by atoms with Gasteiger partial charge < -0.3 is 31.1 Å². The largest absolute Gasteiger partial charge is 0.396 e. The van der Waals surface area contributed by atoms with Crippen molar-refractivity contribution in [3.05, 3.63) is 0 Å². The van der Waals surface area contributed by atoms with Gasteiger partial charge >= 0.3 is 0 Å². The van der Waals surface area contributed by atoms with Gasteiger partial charge in [-0.05, 0) is 11.8 Å². The van der Waals surface area contributed by atoms with Gasteiger partial charge in [0, 0.05) is 36.8 Å². The van der Waals surface area contributed by atoms with Gasteiger partial charge in [-0.2, -0.15) is 0 Å². The molecule has 0 aromatic heterocycles. The van der Waals surface area contributed by atoms with Crippen molar-refractivity contribution in [1.29, 1.82) is 0 Å². The van der Waals surface area contributed by atoms with Gasteiger partial charge in [-0.15, -0.1) is 0 Å². The maximum atomic E-state index is 11.8. The van der Waals surface area contributed by atoms with Crippen molar-refractivity contribution in [2.24, 2.45) is 10.8 Å². The lowest BCUT2D eigenvalue weighted by Gasteiger charge is -2.27. The number of amides is 2. The number of hydrogen-bond acceptors (Lipinski definition) is 9. The van der Waals surface area contributed by atoms with Crippen LogP contribution in [0.2, 0.25) is 0 Å². The van der Waals surface area contributed by atoms with Crippen LogP contribution in [-0.2, 0) is 19.2 Å². The van der Waals surface area contributed by atoms with E-state index in [9.17, 15) is 29.4 Å². The minimum atomic E-state index is -1.44. The molecule has 0 fully saturated rings. The van der Waals surface area contributed by atoms with E-state index < -0.39 is 58.3 Å². The van der Waals surface area contributed by atoms with Crippen molar-refractivity contribution in [3.63, 3.8) is 0 Å². The van der Waals surface area contributed by atoms with Crippen LogP contribution in [0.4, 0.5) is 0 Å². The summed E-state index contributed by atoms with van der Waals surface area (Å²) >= 11 is 0.454. The highest BCUT2D eigenvalue weighted by Crippen LogP contribution is 2.20. The fourth-order valence-corrected chi connectivity index (χ4v) is 2.54. The number of carbonyl (C=O) groups is 4. The van der Waals surface area contributed by atoms with Gasteiger partial charge in [0.25, 0.3) is 0 Å². The molecule has 0 saturated carbocycles. The summed E-state index contributed by atoms with van der Waals surface area (Å²) in [5, 5.41) is 41.7. The predicted molar refractivity (Wildman–Crippen MR) is 107 cm³/mol. The van der Waals surface area contributed by atoms with E-state index in [-0.39, 0.29) is 25.9 Å². The highest BCUT2D eigenvalue weighted by molar-refractivity contribution is 8.26. The van der Waals surface area contributed by atoms with Crippen LogP contribution in [0.5, 0.6) is 0 Å². The third-order valence-electron chi connectivity index (χ3n) is 4.28. The lowest BCUT2D eigenvalue weighted by Crippen LogP contribution is -2.46. The molecule has 0 aliphatic heterocycles. The van der Waals surface area contributed by atoms with E-state index >= 15 is 0 Å². The summed E-state index contributed by atoms with van der Waals surface area (Å²) in [5.41, 5.74) is -2.05. The SMILES string of the molecule is CC(C)(CO)[C@@H](O)C(=O)NCCC(=O)SC(=O)CCNC(=O)[C@H](O)C(C)(C)CO. The summed E-state index contributed by atoms with van der Waals surface area (Å²) in [4.78, 5) is 47.1. The number of hydrogen-bond donors (Lipinski definition) is 6. The highest BCUT2D eigenvalue weighted by atomic mass is 32.2. The Labute approximate surface area is 174 Å². The van der Waals surface area contributed by atoms with Crippen LogP contribution >= 0.6 is 11.8 Å². The molecule has 0 aromatic rings. The van der Waals surface area contributed by atoms with E-state index in [1.165, 1.54) is 27.7 Å². The van der Waals surface area contributed by atoms with E-state index in [1.54, 1.807) is 0 Å². The van der Waals surface area contributed by atoms with Crippen LogP contribution in [-0.4, -0.2) is 81.0 Å². The quantitative estimate of drug-likeness (QED) is 0.214. The summed E-state index contributed by atoms with van der Waals surface area (Å²) in [5.74, 6) is -1.44. The average molecular weight is 437 g/mol. The van der Waals surface area contributed by atoms with Crippen LogP contribution in [0.15, 0.2) is 0 Å². The zero-order valence-corrected chi connectivity index (χ0v) is 18.0. The summed E-state index contributed by atoms with van der Waals surface area (Å²) in [6.07, 6.45) is -3.15.